The maximum atomic E-state index is 13.3. The molecule has 1 aliphatic rings. The predicted molar refractivity (Wildman–Crippen MR) is 121 cm³/mol. The lowest BCUT2D eigenvalue weighted by atomic mass is 9.71. The lowest BCUT2D eigenvalue weighted by molar-refractivity contribution is -0.125. The Morgan fingerprint density at radius 1 is 1.13 bits per heavy atom. The van der Waals surface area contributed by atoms with Crippen LogP contribution in [0.25, 0.3) is 5.65 Å². The topological polar surface area (TPSA) is 64.2 Å². The summed E-state index contributed by atoms with van der Waals surface area (Å²) in [5.41, 5.74) is 0.852. The van der Waals surface area contributed by atoms with E-state index in [0.29, 0.717) is 6.42 Å². The summed E-state index contributed by atoms with van der Waals surface area (Å²) in [6.07, 6.45) is 15.6. The number of hydrogen-bond acceptors (Lipinski definition) is 4. The molecule has 0 spiro atoms. The quantitative estimate of drug-likeness (QED) is 0.549. The second-order valence-corrected chi connectivity index (χ2v) is 9.47. The van der Waals surface area contributed by atoms with Crippen LogP contribution in [0.1, 0.15) is 56.8 Å². The molecule has 6 nitrogen and oxygen atoms in total. The van der Waals surface area contributed by atoms with Crippen molar-refractivity contribution in [2.75, 3.05) is 12.0 Å². The number of thioether (sulfide) groups is 1. The van der Waals surface area contributed by atoms with Crippen molar-refractivity contribution in [3.8, 4) is 0 Å². The second-order valence-electron chi connectivity index (χ2n) is 8.48. The molecule has 0 aliphatic heterocycles. The zero-order valence-corrected chi connectivity index (χ0v) is 18.5. The summed E-state index contributed by atoms with van der Waals surface area (Å²) in [5, 5.41) is 12.0. The van der Waals surface area contributed by atoms with Crippen LogP contribution < -0.4 is 5.32 Å². The highest BCUT2D eigenvalue weighted by atomic mass is 32.2. The van der Waals surface area contributed by atoms with Gasteiger partial charge in [0.15, 0.2) is 11.5 Å². The SMILES string of the molecule is CSCC[C@H](NC(=O)CC1(Cn2cccc2)CCCCC1)c1nnc2ccccn12. The van der Waals surface area contributed by atoms with Crippen molar-refractivity contribution in [2.45, 2.75) is 57.5 Å². The number of aromatic nitrogens is 4. The van der Waals surface area contributed by atoms with E-state index in [0.717, 1.165) is 43.0 Å². The van der Waals surface area contributed by atoms with Crippen molar-refractivity contribution in [1.82, 2.24) is 24.5 Å². The molecule has 1 N–H and O–H groups in total. The summed E-state index contributed by atoms with van der Waals surface area (Å²) in [4.78, 5) is 13.3. The molecule has 1 atom stereocenters. The molecule has 0 bridgehead atoms. The first-order chi connectivity index (χ1) is 14.7. The molecule has 30 heavy (non-hydrogen) atoms. The van der Waals surface area contributed by atoms with Crippen molar-refractivity contribution in [3.05, 3.63) is 54.7 Å². The minimum Gasteiger partial charge on any atom is -0.354 e. The van der Waals surface area contributed by atoms with E-state index in [1.165, 1.54) is 19.3 Å². The smallest absolute Gasteiger partial charge is 0.221 e. The molecule has 7 heteroatoms. The maximum Gasteiger partial charge on any atom is 0.221 e. The molecule has 3 heterocycles. The van der Waals surface area contributed by atoms with Crippen molar-refractivity contribution in [2.24, 2.45) is 5.41 Å². The molecule has 4 rings (SSSR count). The van der Waals surface area contributed by atoms with E-state index in [-0.39, 0.29) is 17.4 Å². The predicted octanol–water partition coefficient (Wildman–Crippen LogP) is 4.48. The number of carbonyl (C=O) groups excluding carboxylic acids is 1. The number of hydrogen-bond donors (Lipinski definition) is 1. The number of carbonyl (C=O) groups is 1. The molecule has 3 aromatic rings. The van der Waals surface area contributed by atoms with Crippen LogP contribution in [0, 0.1) is 5.41 Å². The molecular weight excluding hydrogens is 394 g/mol. The average molecular weight is 426 g/mol. The summed E-state index contributed by atoms with van der Waals surface area (Å²) >= 11 is 1.79. The summed E-state index contributed by atoms with van der Waals surface area (Å²) in [5.74, 6) is 1.90. The first-order valence-corrected chi connectivity index (χ1v) is 12.3. The molecule has 1 saturated carbocycles. The highest BCUT2D eigenvalue weighted by Gasteiger charge is 2.35. The normalized spacial score (nSPS) is 17.1. The molecular formula is C23H31N5OS. The zero-order chi connectivity index (χ0) is 20.8. The van der Waals surface area contributed by atoms with Gasteiger partial charge in [-0.3, -0.25) is 9.20 Å². The van der Waals surface area contributed by atoms with E-state index >= 15 is 0 Å². The minimum atomic E-state index is -0.130. The lowest BCUT2D eigenvalue weighted by Crippen LogP contribution is -2.38. The minimum absolute atomic E-state index is 0.0400. The van der Waals surface area contributed by atoms with Gasteiger partial charge in [-0.2, -0.15) is 11.8 Å². The van der Waals surface area contributed by atoms with Crippen LogP contribution in [0.5, 0.6) is 0 Å². The van der Waals surface area contributed by atoms with Crippen LogP contribution in [0.4, 0.5) is 0 Å². The van der Waals surface area contributed by atoms with E-state index in [1.807, 2.05) is 28.8 Å². The third-order valence-corrected chi connectivity index (χ3v) is 6.88. The first-order valence-electron chi connectivity index (χ1n) is 10.9. The summed E-state index contributed by atoms with van der Waals surface area (Å²) in [6, 6.07) is 9.86. The van der Waals surface area contributed by atoms with E-state index in [9.17, 15) is 4.79 Å². The fourth-order valence-corrected chi connectivity index (χ4v) is 5.21. The highest BCUT2D eigenvalue weighted by Crippen LogP contribution is 2.41. The van der Waals surface area contributed by atoms with Gasteiger partial charge in [0.2, 0.25) is 5.91 Å². The number of nitrogens with one attached hydrogen (secondary N) is 1. The molecule has 1 amide bonds. The first kappa shape index (κ1) is 21.0. The average Bonchev–Trinajstić information content (AvgIpc) is 3.41. The van der Waals surface area contributed by atoms with Gasteiger partial charge in [0.1, 0.15) is 0 Å². The fourth-order valence-electron chi connectivity index (χ4n) is 4.74. The molecule has 1 fully saturated rings. The van der Waals surface area contributed by atoms with Gasteiger partial charge in [-0.25, -0.2) is 0 Å². The number of fused-ring (bicyclic) bond motifs is 1. The lowest BCUT2D eigenvalue weighted by Gasteiger charge is -2.37. The van der Waals surface area contributed by atoms with Gasteiger partial charge >= 0.3 is 0 Å². The summed E-state index contributed by atoms with van der Waals surface area (Å²) in [7, 11) is 0. The maximum absolute atomic E-state index is 13.3. The molecule has 160 valence electrons. The van der Waals surface area contributed by atoms with Crippen LogP contribution >= 0.6 is 11.8 Å². The van der Waals surface area contributed by atoms with Gasteiger partial charge in [0.25, 0.3) is 0 Å². The Balaban J connectivity index is 1.51. The van der Waals surface area contributed by atoms with Crippen LogP contribution in [0.15, 0.2) is 48.9 Å². The Morgan fingerprint density at radius 2 is 1.90 bits per heavy atom. The largest absolute Gasteiger partial charge is 0.354 e. The van der Waals surface area contributed by atoms with Gasteiger partial charge in [0.05, 0.1) is 6.04 Å². The van der Waals surface area contributed by atoms with E-state index in [4.69, 9.17) is 0 Å². The number of rotatable bonds is 9. The molecule has 0 aromatic carbocycles. The van der Waals surface area contributed by atoms with E-state index in [1.54, 1.807) is 11.8 Å². The molecule has 1 aliphatic carbocycles. The molecule has 0 unspecified atom stereocenters. The Labute approximate surface area is 182 Å². The van der Waals surface area contributed by atoms with Crippen molar-refractivity contribution in [3.63, 3.8) is 0 Å². The highest BCUT2D eigenvalue weighted by molar-refractivity contribution is 7.98. The monoisotopic (exact) mass is 425 g/mol. The summed E-state index contributed by atoms with van der Waals surface area (Å²) < 4.78 is 4.22. The molecule has 0 saturated heterocycles. The fraction of sp³-hybridized carbons (Fsp3) is 0.522. The summed E-state index contributed by atoms with van der Waals surface area (Å²) in [6.45, 7) is 0.913. The molecule has 3 aromatic heterocycles. The van der Waals surface area contributed by atoms with Crippen LogP contribution in [0.2, 0.25) is 0 Å². The van der Waals surface area contributed by atoms with Gasteiger partial charge < -0.3 is 9.88 Å². The van der Waals surface area contributed by atoms with E-state index < -0.39 is 0 Å². The van der Waals surface area contributed by atoms with Gasteiger partial charge in [-0.1, -0.05) is 25.3 Å². The van der Waals surface area contributed by atoms with Crippen LogP contribution in [-0.4, -0.2) is 37.1 Å². The van der Waals surface area contributed by atoms with Crippen molar-refractivity contribution >= 4 is 23.3 Å². The second kappa shape index (κ2) is 9.69. The van der Waals surface area contributed by atoms with Crippen LogP contribution in [-0.2, 0) is 11.3 Å². The van der Waals surface area contributed by atoms with Crippen molar-refractivity contribution in [1.29, 1.82) is 0 Å². The number of nitrogens with zero attached hydrogens (tertiary/aromatic N) is 4. The Bertz CT molecular complexity index is 946. The number of pyridine rings is 1. The Morgan fingerprint density at radius 3 is 2.67 bits per heavy atom. The molecule has 0 radical (unpaired) electrons. The Kier molecular flexibility index (Phi) is 6.77. The van der Waals surface area contributed by atoms with Crippen LogP contribution in [0.3, 0.4) is 0 Å². The standard InChI is InChI=1S/C23H31N5OS/c1-30-16-10-19(22-26-25-20-9-3-6-15-28(20)22)24-21(29)17-23(11-4-2-5-12-23)18-27-13-7-8-14-27/h3,6-9,13-15,19H,2,4-5,10-12,16-18H2,1H3,(H,24,29)/t19-/m0/s1. The van der Waals surface area contributed by atoms with Gasteiger partial charge in [-0.15, -0.1) is 10.2 Å². The van der Waals surface area contributed by atoms with Gasteiger partial charge in [-0.05, 0) is 61.0 Å². The third kappa shape index (κ3) is 4.89. The number of amides is 1. The Hall–Kier alpha value is -2.28. The van der Waals surface area contributed by atoms with E-state index in [2.05, 4.69) is 50.9 Å². The van der Waals surface area contributed by atoms with Gasteiger partial charge in [0, 0.05) is 31.6 Å². The third-order valence-electron chi connectivity index (χ3n) is 6.23. The zero-order valence-electron chi connectivity index (χ0n) is 17.7. The van der Waals surface area contributed by atoms with Crippen molar-refractivity contribution < 1.29 is 4.79 Å².